The number of nitrogens with two attached hydrogens (primary N) is 1. The van der Waals surface area contributed by atoms with Crippen molar-refractivity contribution < 1.29 is 0 Å². The standard InChI is InChI=1S/C11H22N2/c1-13-8-4-10(9-13)3-7-11(12)5-2-6-11/h10H,2-9,12H2,1H3. The molecule has 2 fully saturated rings. The van der Waals surface area contributed by atoms with E-state index in [4.69, 9.17) is 5.73 Å². The molecule has 2 nitrogen and oxygen atoms in total. The van der Waals surface area contributed by atoms with Crippen molar-refractivity contribution in [3.8, 4) is 0 Å². The van der Waals surface area contributed by atoms with Crippen LogP contribution in [-0.4, -0.2) is 30.6 Å². The van der Waals surface area contributed by atoms with Gasteiger partial charge >= 0.3 is 0 Å². The fraction of sp³-hybridized carbons (Fsp3) is 1.00. The van der Waals surface area contributed by atoms with E-state index in [-0.39, 0.29) is 5.54 Å². The molecule has 0 aromatic heterocycles. The number of hydrogen-bond donors (Lipinski definition) is 1. The Bertz CT molecular complexity index is 175. The van der Waals surface area contributed by atoms with Crippen LogP contribution in [0, 0.1) is 5.92 Å². The first-order valence-electron chi connectivity index (χ1n) is 5.65. The molecule has 0 radical (unpaired) electrons. The lowest BCUT2D eigenvalue weighted by atomic mass is 9.73. The van der Waals surface area contributed by atoms with Crippen LogP contribution in [0.3, 0.4) is 0 Å². The van der Waals surface area contributed by atoms with Gasteiger partial charge in [-0.05, 0) is 58.0 Å². The van der Waals surface area contributed by atoms with Crippen molar-refractivity contribution in [1.29, 1.82) is 0 Å². The van der Waals surface area contributed by atoms with Crippen LogP contribution in [0.4, 0.5) is 0 Å². The van der Waals surface area contributed by atoms with Crippen LogP contribution in [0.5, 0.6) is 0 Å². The van der Waals surface area contributed by atoms with Crippen LogP contribution in [-0.2, 0) is 0 Å². The quantitative estimate of drug-likeness (QED) is 0.718. The van der Waals surface area contributed by atoms with E-state index < -0.39 is 0 Å². The highest BCUT2D eigenvalue weighted by Crippen LogP contribution is 2.35. The Labute approximate surface area is 81.5 Å². The smallest absolute Gasteiger partial charge is 0.0154 e. The van der Waals surface area contributed by atoms with Gasteiger partial charge in [0.05, 0.1) is 0 Å². The van der Waals surface area contributed by atoms with Gasteiger partial charge in [-0.25, -0.2) is 0 Å². The molecule has 1 aliphatic carbocycles. The van der Waals surface area contributed by atoms with Gasteiger partial charge in [0.1, 0.15) is 0 Å². The molecule has 2 aliphatic rings. The summed E-state index contributed by atoms with van der Waals surface area (Å²) in [4.78, 5) is 2.44. The van der Waals surface area contributed by atoms with Gasteiger partial charge in [-0.3, -0.25) is 0 Å². The first kappa shape index (κ1) is 9.47. The molecule has 13 heavy (non-hydrogen) atoms. The lowest BCUT2D eigenvalue weighted by molar-refractivity contribution is 0.213. The van der Waals surface area contributed by atoms with Crippen molar-refractivity contribution in [2.24, 2.45) is 11.7 Å². The van der Waals surface area contributed by atoms with Crippen molar-refractivity contribution in [3.05, 3.63) is 0 Å². The highest BCUT2D eigenvalue weighted by Gasteiger charge is 2.33. The van der Waals surface area contributed by atoms with Crippen molar-refractivity contribution in [3.63, 3.8) is 0 Å². The van der Waals surface area contributed by atoms with E-state index in [2.05, 4.69) is 11.9 Å². The predicted molar refractivity (Wildman–Crippen MR) is 55.6 cm³/mol. The zero-order valence-electron chi connectivity index (χ0n) is 8.76. The molecule has 2 heteroatoms. The second-order valence-electron chi connectivity index (χ2n) is 5.17. The van der Waals surface area contributed by atoms with Gasteiger partial charge in [-0.1, -0.05) is 0 Å². The van der Waals surface area contributed by atoms with Crippen LogP contribution >= 0.6 is 0 Å². The third-order valence-corrected chi connectivity index (χ3v) is 3.89. The highest BCUT2D eigenvalue weighted by atomic mass is 15.1. The zero-order chi connectivity index (χ0) is 9.31. The van der Waals surface area contributed by atoms with E-state index in [1.807, 2.05) is 0 Å². The van der Waals surface area contributed by atoms with Crippen LogP contribution in [0.2, 0.25) is 0 Å². The molecule has 1 saturated heterocycles. The van der Waals surface area contributed by atoms with Gasteiger partial charge in [-0.2, -0.15) is 0 Å². The average molecular weight is 182 g/mol. The Balaban J connectivity index is 1.67. The largest absolute Gasteiger partial charge is 0.325 e. The monoisotopic (exact) mass is 182 g/mol. The van der Waals surface area contributed by atoms with E-state index in [0.717, 1.165) is 5.92 Å². The average Bonchev–Trinajstić information content (AvgIpc) is 2.44. The topological polar surface area (TPSA) is 29.3 Å². The van der Waals surface area contributed by atoms with E-state index in [1.54, 1.807) is 0 Å². The summed E-state index contributed by atoms with van der Waals surface area (Å²) in [5.41, 5.74) is 6.45. The molecule has 0 aromatic rings. The van der Waals surface area contributed by atoms with Gasteiger partial charge in [0.2, 0.25) is 0 Å². The number of nitrogens with zero attached hydrogens (tertiary/aromatic N) is 1. The van der Waals surface area contributed by atoms with Crippen LogP contribution < -0.4 is 5.73 Å². The molecule has 0 spiro atoms. The molecule has 76 valence electrons. The normalized spacial score (nSPS) is 33.2. The zero-order valence-corrected chi connectivity index (χ0v) is 8.76. The molecular weight excluding hydrogens is 160 g/mol. The Morgan fingerprint density at radius 3 is 2.69 bits per heavy atom. The first-order valence-corrected chi connectivity index (χ1v) is 5.65. The van der Waals surface area contributed by atoms with Gasteiger partial charge in [0.25, 0.3) is 0 Å². The third-order valence-electron chi connectivity index (χ3n) is 3.89. The number of likely N-dealkylation sites (tertiary alicyclic amines) is 1. The van der Waals surface area contributed by atoms with E-state index in [1.165, 1.54) is 51.6 Å². The molecule has 0 aromatic carbocycles. The SMILES string of the molecule is CN1CCC(CCC2(N)CCC2)C1. The fourth-order valence-electron chi connectivity index (χ4n) is 2.63. The summed E-state index contributed by atoms with van der Waals surface area (Å²) < 4.78 is 0. The molecule has 1 atom stereocenters. The number of hydrogen-bond acceptors (Lipinski definition) is 2. The predicted octanol–water partition coefficient (Wildman–Crippen LogP) is 1.60. The summed E-state index contributed by atoms with van der Waals surface area (Å²) in [5.74, 6) is 0.936. The minimum atomic E-state index is 0.251. The minimum absolute atomic E-state index is 0.251. The Morgan fingerprint density at radius 2 is 2.23 bits per heavy atom. The minimum Gasteiger partial charge on any atom is -0.325 e. The fourth-order valence-corrected chi connectivity index (χ4v) is 2.63. The molecular formula is C11H22N2. The van der Waals surface area contributed by atoms with E-state index in [0.29, 0.717) is 0 Å². The van der Waals surface area contributed by atoms with Gasteiger partial charge in [0.15, 0.2) is 0 Å². The van der Waals surface area contributed by atoms with Crippen molar-refractivity contribution >= 4 is 0 Å². The molecule has 1 heterocycles. The Morgan fingerprint density at radius 1 is 1.46 bits per heavy atom. The van der Waals surface area contributed by atoms with Gasteiger partial charge < -0.3 is 10.6 Å². The highest BCUT2D eigenvalue weighted by molar-refractivity contribution is 4.93. The summed E-state index contributed by atoms with van der Waals surface area (Å²) >= 11 is 0. The second-order valence-corrected chi connectivity index (χ2v) is 5.17. The third kappa shape index (κ3) is 2.23. The molecule has 2 rings (SSSR count). The van der Waals surface area contributed by atoms with Crippen LogP contribution in [0.25, 0.3) is 0 Å². The van der Waals surface area contributed by atoms with Crippen molar-refractivity contribution in [2.45, 2.75) is 44.1 Å². The summed E-state index contributed by atoms with van der Waals surface area (Å²) in [5, 5.41) is 0. The van der Waals surface area contributed by atoms with Crippen LogP contribution in [0.15, 0.2) is 0 Å². The molecule has 0 bridgehead atoms. The molecule has 0 amide bonds. The van der Waals surface area contributed by atoms with Gasteiger partial charge in [0, 0.05) is 12.1 Å². The summed E-state index contributed by atoms with van der Waals surface area (Å²) in [6, 6.07) is 0. The summed E-state index contributed by atoms with van der Waals surface area (Å²) in [7, 11) is 2.22. The number of rotatable bonds is 3. The maximum atomic E-state index is 6.20. The maximum Gasteiger partial charge on any atom is 0.0154 e. The molecule has 2 N–H and O–H groups in total. The maximum absolute atomic E-state index is 6.20. The molecule has 1 saturated carbocycles. The Hall–Kier alpha value is -0.0800. The van der Waals surface area contributed by atoms with E-state index in [9.17, 15) is 0 Å². The first-order chi connectivity index (χ1) is 6.18. The van der Waals surface area contributed by atoms with Crippen molar-refractivity contribution in [2.75, 3.05) is 20.1 Å². The lowest BCUT2D eigenvalue weighted by Gasteiger charge is -2.38. The van der Waals surface area contributed by atoms with Crippen LogP contribution in [0.1, 0.15) is 38.5 Å². The molecule has 1 aliphatic heterocycles. The van der Waals surface area contributed by atoms with E-state index >= 15 is 0 Å². The Kier molecular flexibility index (Phi) is 2.61. The van der Waals surface area contributed by atoms with Crippen molar-refractivity contribution in [1.82, 2.24) is 4.90 Å². The van der Waals surface area contributed by atoms with Gasteiger partial charge in [-0.15, -0.1) is 0 Å². The second kappa shape index (κ2) is 3.58. The summed E-state index contributed by atoms with van der Waals surface area (Å²) in [6.45, 7) is 2.60. The lowest BCUT2D eigenvalue weighted by Crippen LogP contribution is -2.46. The molecule has 1 unspecified atom stereocenters. The summed E-state index contributed by atoms with van der Waals surface area (Å²) in [6.07, 6.45) is 7.94.